The van der Waals surface area contributed by atoms with Crippen molar-refractivity contribution in [3.8, 4) is 0 Å². The van der Waals surface area contributed by atoms with Crippen LogP contribution in [0.2, 0.25) is 0 Å². The number of carbonyl (C=O) groups excluding carboxylic acids is 1. The fourth-order valence-electron chi connectivity index (χ4n) is 3.02. The number of pyridine rings is 1. The number of hydrogen-bond donors (Lipinski definition) is 1. The number of rotatable bonds is 4. The highest BCUT2D eigenvalue weighted by Crippen LogP contribution is 2.25. The first kappa shape index (κ1) is 18.5. The average molecular weight is 373 g/mol. The number of nitrogens with one attached hydrogen (secondary N) is 1. The fraction of sp³-hybridized carbons (Fsp3) is 0.368. The Morgan fingerprint density at radius 2 is 1.96 bits per heavy atom. The molecular formula is C19H23N3O3S. The van der Waals surface area contributed by atoms with Gasteiger partial charge in [0.05, 0.1) is 16.8 Å². The lowest BCUT2D eigenvalue weighted by atomic mass is 10.0. The van der Waals surface area contributed by atoms with Gasteiger partial charge in [0.25, 0.3) is 5.91 Å². The molecule has 0 spiro atoms. The summed E-state index contributed by atoms with van der Waals surface area (Å²) < 4.78 is 27.4. The van der Waals surface area contributed by atoms with E-state index in [9.17, 15) is 13.2 Å². The number of anilines is 1. The molecule has 1 amide bonds. The van der Waals surface area contributed by atoms with E-state index in [4.69, 9.17) is 0 Å². The highest BCUT2D eigenvalue weighted by Gasteiger charge is 2.28. The summed E-state index contributed by atoms with van der Waals surface area (Å²) in [7, 11) is -3.59. The van der Waals surface area contributed by atoms with Crippen LogP contribution in [0.15, 0.2) is 47.6 Å². The van der Waals surface area contributed by atoms with Gasteiger partial charge >= 0.3 is 0 Å². The third-order valence-corrected chi connectivity index (χ3v) is 6.65. The standard InChI is InChI=1S/C19H23N3O3S/c1-14-7-10-22(11-8-14)26(24,25)17-6-5-15(2)18(12-17)19(23)21-16-4-3-9-20-13-16/h3-6,9,12-14H,7-8,10-11H2,1-2H3,(H,21,23). The van der Waals surface area contributed by atoms with Crippen molar-refractivity contribution in [2.24, 2.45) is 5.92 Å². The summed E-state index contributed by atoms with van der Waals surface area (Å²) in [5.41, 5.74) is 1.63. The number of aromatic nitrogens is 1. The van der Waals surface area contributed by atoms with Gasteiger partial charge in [-0.05, 0) is 55.5 Å². The van der Waals surface area contributed by atoms with Gasteiger partial charge in [-0.1, -0.05) is 13.0 Å². The molecule has 2 aromatic rings. The number of aryl methyl sites for hydroxylation is 1. The first-order chi connectivity index (χ1) is 12.4. The van der Waals surface area contributed by atoms with E-state index in [1.807, 2.05) is 0 Å². The number of hydrogen-bond acceptors (Lipinski definition) is 4. The van der Waals surface area contributed by atoms with Crippen molar-refractivity contribution < 1.29 is 13.2 Å². The zero-order chi connectivity index (χ0) is 18.7. The van der Waals surface area contributed by atoms with Crippen LogP contribution in [0.1, 0.15) is 35.7 Å². The molecule has 1 N–H and O–H groups in total. The van der Waals surface area contributed by atoms with E-state index in [0.717, 1.165) is 18.4 Å². The van der Waals surface area contributed by atoms with Crippen molar-refractivity contribution in [2.45, 2.75) is 31.6 Å². The normalized spacial score (nSPS) is 16.4. The van der Waals surface area contributed by atoms with Gasteiger partial charge in [0.2, 0.25) is 10.0 Å². The van der Waals surface area contributed by atoms with Crippen molar-refractivity contribution in [3.05, 3.63) is 53.9 Å². The molecule has 1 saturated heterocycles. The molecular weight excluding hydrogens is 350 g/mol. The predicted octanol–water partition coefficient (Wildman–Crippen LogP) is 3.06. The Bertz CT molecular complexity index is 890. The van der Waals surface area contributed by atoms with Crippen LogP contribution >= 0.6 is 0 Å². The van der Waals surface area contributed by atoms with Gasteiger partial charge in [0.15, 0.2) is 0 Å². The van der Waals surface area contributed by atoms with Gasteiger partial charge < -0.3 is 5.32 Å². The van der Waals surface area contributed by atoms with Gasteiger partial charge in [0, 0.05) is 24.8 Å². The molecule has 1 fully saturated rings. The summed E-state index contributed by atoms with van der Waals surface area (Å²) in [5.74, 6) is 0.195. The Labute approximate surface area is 154 Å². The van der Waals surface area contributed by atoms with Crippen LogP contribution in [-0.4, -0.2) is 36.7 Å². The smallest absolute Gasteiger partial charge is 0.256 e. The topological polar surface area (TPSA) is 79.4 Å². The number of sulfonamides is 1. The minimum Gasteiger partial charge on any atom is -0.321 e. The minimum atomic E-state index is -3.59. The first-order valence-corrected chi connectivity index (χ1v) is 10.1. The van der Waals surface area contributed by atoms with E-state index in [-0.39, 0.29) is 10.8 Å². The van der Waals surface area contributed by atoms with Crippen molar-refractivity contribution in [2.75, 3.05) is 18.4 Å². The molecule has 138 valence electrons. The van der Waals surface area contributed by atoms with E-state index in [1.54, 1.807) is 43.6 Å². The Balaban J connectivity index is 1.86. The quantitative estimate of drug-likeness (QED) is 0.893. The largest absolute Gasteiger partial charge is 0.321 e. The van der Waals surface area contributed by atoms with Gasteiger partial charge in [-0.2, -0.15) is 4.31 Å². The molecule has 0 bridgehead atoms. The Morgan fingerprint density at radius 1 is 1.23 bits per heavy atom. The van der Waals surface area contributed by atoms with E-state index in [2.05, 4.69) is 17.2 Å². The maximum atomic E-state index is 12.9. The number of benzene rings is 1. The van der Waals surface area contributed by atoms with E-state index in [1.165, 1.54) is 10.4 Å². The van der Waals surface area contributed by atoms with E-state index in [0.29, 0.717) is 30.3 Å². The van der Waals surface area contributed by atoms with Crippen LogP contribution in [0.25, 0.3) is 0 Å². The van der Waals surface area contributed by atoms with Crippen molar-refractivity contribution in [1.82, 2.24) is 9.29 Å². The molecule has 0 atom stereocenters. The fourth-order valence-corrected chi connectivity index (χ4v) is 4.51. The van der Waals surface area contributed by atoms with Crippen LogP contribution in [0, 0.1) is 12.8 Å². The van der Waals surface area contributed by atoms with Crippen LogP contribution in [-0.2, 0) is 10.0 Å². The second kappa shape index (κ2) is 7.55. The first-order valence-electron chi connectivity index (χ1n) is 8.70. The number of piperidine rings is 1. The van der Waals surface area contributed by atoms with Gasteiger partial charge in [-0.15, -0.1) is 0 Å². The van der Waals surface area contributed by atoms with Crippen molar-refractivity contribution in [3.63, 3.8) is 0 Å². The zero-order valence-corrected chi connectivity index (χ0v) is 15.8. The summed E-state index contributed by atoms with van der Waals surface area (Å²) in [4.78, 5) is 16.7. The minimum absolute atomic E-state index is 0.161. The SMILES string of the molecule is Cc1ccc(S(=O)(=O)N2CCC(C)CC2)cc1C(=O)Nc1cccnc1. The summed E-state index contributed by atoms with van der Waals surface area (Å²) in [5, 5.41) is 2.75. The van der Waals surface area contributed by atoms with Gasteiger partial charge in [-0.25, -0.2) is 8.42 Å². The van der Waals surface area contributed by atoms with Crippen molar-refractivity contribution >= 4 is 21.6 Å². The van der Waals surface area contributed by atoms with Gasteiger partial charge in [0.1, 0.15) is 0 Å². The lowest BCUT2D eigenvalue weighted by Gasteiger charge is -2.29. The number of carbonyl (C=O) groups is 1. The van der Waals surface area contributed by atoms with Crippen LogP contribution in [0.4, 0.5) is 5.69 Å². The molecule has 0 aliphatic carbocycles. The maximum absolute atomic E-state index is 12.9. The molecule has 26 heavy (non-hydrogen) atoms. The summed E-state index contributed by atoms with van der Waals surface area (Å²) in [6.07, 6.45) is 4.88. The van der Waals surface area contributed by atoms with E-state index < -0.39 is 10.0 Å². The second-order valence-corrected chi connectivity index (χ2v) is 8.70. The number of nitrogens with zero attached hydrogens (tertiary/aromatic N) is 2. The molecule has 0 radical (unpaired) electrons. The number of amides is 1. The molecule has 2 heterocycles. The molecule has 1 aromatic heterocycles. The van der Waals surface area contributed by atoms with Crippen LogP contribution in [0.5, 0.6) is 0 Å². The molecule has 1 aliphatic heterocycles. The summed E-state index contributed by atoms with van der Waals surface area (Å²) in [6, 6.07) is 8.17. The predicted molar refractivity (Wildman–Crippen MR) is 101 cm³/mol. The molecule has 0 unspecified atom stereocenters. The second-order valence-electron chi connectivity index (χ2n) is 6.76. The maximum Gasteiger partial charge on any atom is 0.256 e. The van der Waals surface area contributed by atoms with Crippen molar-refractivity contribution in [1.29, 1.82) is 0 Å². The molecule has 3 rings (SSSR count). The average Bonchev–Trinajstić information content (AvgIpc) is 2.63. The molecule has 6 nitrogen and oxygen atoms in total. The Morgan fingerprint density at radius 3 is 2.62 bits per heavy atom. The third kappa shape index (κ3) is 3.94. The Kier molecular flexibility index (Phi) is 5.38. The lowest BCUT2D eigenvalue weighted by molar-refractivity contribution is 0.102. The highest BCUT2D eigenvalue weighted by molar-refractivity contribution is 7.89. The zero-order valence-electron chi connectivity index (χ0n) is 15.0. The highest BCUT2D eigenvalue weighted by atomic mass is 32.2. The van der Waals surface area contributed by atoms with Crippen LogP contribution in [0.3, 0.4) is 0 Å². The van der Waals surface area contributed by atoms with Crippen LogP contribution < -0.4 is 5.32 Å². The molecule has 1 aliphatic rings. The summed E-state index contributed by atoms with van der Waals surface area (Å²) in [6.45, 7) is 4.97. The summed E-state index contributed by atoms with van der Waals surface area (Å²) >= 11 is 0. The monoisotopic (exact) mass is 373 g/mol. The Hall–Kier alpha value is -2.25. The van der Waals surface area contributed by atoms with E-state index >= 15 is 0 Å². The molecule has 1 aromatic carbocycles. The molecule has 7 heteroatoms. The third-order valence-electron chi connectivity index (χ3n) is 4.75. The molecule has 0 saturated carbocycles. The van der Waals surface area contributed by atoms with Gasteiger partial charge in [-0.3, -0.25) is 9.78 Å². The lowest BCUT2D eigenvalue weighted by Crippen LogP contribution is -2.38.